The number of rotatable bonds is 5. The molecule has 3 rings (SSSR count). The molecule has 0 aromatic heterocycles. The van der Waals surface area contributed by atoms with E-state index in [0.29, 0.717) is 43.2 Å². The second-order valence-corrected chi connectivity index (χ2v) is 6.92. The van der Waals surface area contributed by atoms with Crippen molar-refractivity contribution in [2.75, 3.05) is 44.7 Å². The van der Waals surface area contributed by atoms with E-state index in [1.807, 2.05) is 9.80 Å². The van der Waals surface area contributed by atoms with Crippen LogP contribution in [0.25, 0.3) is 0 Å². The van der Waals surface area contributed by atoms with Gasteiger partial charge in [0.15, 0.2) is 0 Å². The summed E-state index contributed by atoms with van der Waals surface area (Å²) in [6, 6.07) is 11.6. The number of ether oxygens (including phenoxy) is 1. The Morgan fingerprint density at radius 1 is 1.03 bits per heavy atom. The Hall–Kier alpha value is -3.07. The number of piperazine rings is 1. The minimum Gasteiger partial charge on any atom is -0.497 e. The maximum Gasteiger partial charge on any atom is 0.416 e. The van der Waals surface area contributed by atoms with Crippen molar-refractivity contribution in [3.63, 3.8) is 0 Å². The lowest BCUT2D eigenvalue weighted by molar-refractivity contribution is -0.137. The number of methoxy groups -OCH3 is 1. The number of benzene rings is 2. The molecule has 2 aromatic carbocycles. The molecule has 0 bridgehead atoms. The highest BCUT2D eigenvalue weighted by Crippen LogP contribution is 2.31. The first-order chi connectivity index (χ1) is 14.3. The van der Waals surface area contributed by atoms with Gasteiger partial charge in [-0.3, -0.25) is 19.8 Å². The first-order valence-electron chi connectivity index (χ1n) is 9.39. The van der Waals surface area contributed by atoms with Crippen molar-refractivity contribution in [2.24, 2.45) is 0 Å². The van der Waals surface area contributed by atoms with E-state index in [2.05, 4.69) is 5.32 Å². The van der Waals surface area contributed by atoms with Crippen LogP contribution in [0.1, 0.15) is 15.9 Å². The molecule has 1 heterocycles. The van der Waals surface area contributed by atoms with E-state index in [-0.39, 0.29) is 6.54 Å². The van der Waals surface area contributed by atoms with Gasteiger partial charge in [-0.15, -0.1) is 0 Å². The predicted molar refractivity (Wildman–Crippen MR) is 106 cm³/mol. The molecule has 2 amide bonds. The highest BCUT2D eigenvalue weighted by molar-refractivity contribution is 6.05. The van der Waals surface area contributed by atoms with Crippen LogP contribution in [-0.2, 0) is 11.0 Å². The molecule has 0 radical (unpaired) electrons. The number of amides is 2. The summed E-state index contributed by atoms with van der Waals surface area (Å²) in [6.45, 7) is 2.02. The Kier molecular flexibility index (Phi) is 6.61. The van der Waals surface area contributed by atoms with E-state index >= 15 is 0 Å². The minimum atomic E-state index is -4.38. The molecule has 2 aromatic rings. The molecule has 160 valence electrons. The van der Waals surface area contributed by atoms with Crippen LogP contribution in [0.2, 0.25) is 0 Å². The second-order valence-electron chi connectivity index (χ2n) is 6.92. The lowest BCUT2D eigenvalue weighted by Gasteiger charge is -2.35. The van der Waals surface area contributed by atoms with Gasteiger partial charge in [0.1, 0.15) is 5.75 Å². The molecular weight excluding hydrogens is 399 g/mol. The van der Waals surface area contributed by atoms with Crippen molar-refractivity contribution in [3.8, 4) is 5.75 Å². The molecule has 0 saturated carbocycles. The lowest BCUT2D eigenvalue weighted by Crippen LogP contribution is -2.50. The molecule has 0 spiro atoms. The van der Waals surface area contributed by atoms with Gasteiger partial charge in [-0.1, -0.05) is 6.07 Å². The summed E-state index contributed by atoms with van der Waals surface area (Å²) in [7, 11) is 1.52. The molecule has 1 fully saturated rings. The molecule has 1 N–H and O–H groups in total. The molecule has 6 nitrogen and oxygen atoms in total. The normalized spacial score (nSPS) is 15.0. The fraction of sp³-hybridized carbons (Fsp3) is 0.333. The van der Waals surface area contributed by atoms with E-state index in [9.17, 15) is 22.8 Å². The zero-order valence-electron chi connectivity index (χ0n) is 16.4. The average Bonchev–Trinajstić information content (AvgIpc) is 2.73. The van der Waals surface area contributed by atoms with E-state index in [1.54, 1.807) is 30.3 Å². The van der Waals surface area contributed by atoms with Crippen LogP contribution in [0.4, 0.5) is 18.9 Å². The molecule has 1 saturated heterocycles. The van der Waals surface area contributed by atoms with Gasteiger partial charge in [-0.25, -0.2) is 0 Å². The lowest BCUT2D eigenvalue weighted by atomic mass is 10.1. The highest BCUT2D eigenvalue weighted by atomic mass is 19.4. The molecule has 30 heavy (non-hydrogen) atoms. The van der Waals surface area contributed by atoms with E-state index in [1.165, 1.54) is 13.2 Å². The van der Waals surface area contributed by atoms with Gasteiger partial charge in [0.25, 0.3) is 5.91 Å². The topological polar surface area (TPSA) is 61.9 Å². The van der Waals surface area contributed by atoms with E-state index < -0.39 is 23.6 Å². The zero-order valence-corrected chi connectivity index (χ0v) is 16.4. The zero-order chi connectivity index (χ0) is 21.7. The van der Waals surface area contributed by atoms with Crippen LogP contribution in [0.3, 0.4) is 0 Å². The summed E-state index contributed by atoms with van der Waals surface area (Å²) < 4.78 is 43.7. The van der Waals surface area contributed by atoms with Crippen LogP contribution in [-0.4, -0.2) is 56.5 Å². The highest BCUT2D eigenvalue weighted by Gasteiger charge is 2.31. The smallest absolute Gasteiger partial charge is 0.416 e. The predicted octanol–water partition coefficient (Wildman–Crippen LogP) is 2.79. The molecule has 0 atom stereocenters. The number of imide groups is 1. The monoisotopic (exact) mass is 421 g/mol. The number of hydrogen-bond donors (Lipinski definition) is 1. The van der Waals surface area contributed by atoms with Gasteiger partial charge in [-0.05, 0) is 42.5 Å². The molecule has 1 aliphatic heterocycles. The first kappa shape index (κ1) is 21.6. The van der Waals surface area contributed by atoms with Gasteiger partial charge in [0.05, 0.1) is 19.2 Å². The third kappa shape index (κ3) is 5.50. The third-order valence-corrected chi connectivity index (χ3v) is 4.88. The Labute approximate surface area is 172 Å². The number of nitrogens with one attached hydrogen (secondary N) is 1. The van der Waals surface area contributed by atoms with Crippen LogP contribution in [0, 0.1) is 0 Å². The van der Waals surface area contributed by atoms with Crippen LogP contribution in [0.5, 0.6) is 5.75 Å². The standard InChI is InChI=1S/C21H22F3N3O3/c1-30-18-7-5-15(6-8-18)20(29)25-19(28)14-26-9-11-27(12-10-26)17-4-2-3-16(13-17)21(22,23)24/h2-8,13H,9-12,14H2,1H3,(H,25,28,29). The third-order valence-electron chi connectivity index (χ3n) is 4.88. The van der Waals surface area contributed by atoms with E-state index in [4.69, 9.17) is 4.74 Å². The average molecular weight is 421 g/mol. The Morgan fingerprint density at radius 3 is 2.30 bits per heavy atom. The van der Waals surface area contributed by atoms with Gasteiger partial charge < -0.3 is 9.64 Å². The summed E-state index contributed by atoms with van der Waals surface area (Å²) in [5.41, 5.74) is 0.168. The Balaban J connectivity index is 1.49. The second kappa shape index (κ2) is 9.17. The van der Waals surface area contributed by atoms with Crippen molar-refractivity contribution in [3.05, 3.63) is 59.7 Å². The van der Waals surface area contributed by atoms with Gasteiger partial charge in [-0.2, -0.15) is 13.2 Å². The van der Waals surface area contributed by atoms with Crippen molar-refractivity contribution in [2.45, 2.75) is 6.18 Å². The van der Waals surface area contributed by atoms with Gasteiger partial charge >= 0.3 is 6.18 Å². The van der Waals surface area contributed by atoms with Crippen LogP contribution >= 0.6 is 0 Å². The molecular formula is C21H22F3N3O3. The Morgan fingerprint density at radius 2 is 1.70 bits per heavy atom. The van der Waals surface area contributed by atoms with Gasteiger partial charge in [0.2, 0.25) is 5.91 Å². The number of alkyl halides is 3. The fourth-order valence-corrected chi connectivity index (χ4v) is 3.23. The fourth-order valence-electron chi connectivity index (χ4n) is 3.23. The number of carbonyl (C=O) groups excluding carboxylic acids is 2. The number of anilines is 1. The van der Waals surface area contributed by atoms with Crippen molar-refractivity contribution >= 4 is 17.5 Å². The number of nitrogens with zero attached hydrogens (tertiary/aromatic N) is 2. The summed E-state index contributed by atoms with van der Waals surface area (Å²) in [4.78, 5) is 28.1. The summed E-state index contributed by atoms with van der Waals surface area (Å²) in [5, 5.41) is 2.35. The molecule has 9 heteroatoms. The summed E-state index contributed by atoms with van der Waals surface area (Å²) in [6.07, 6.45) is -4.38. The molecule has 0 aliphatic carbocycles. The van der Waals surface area contributed by atoms with Crippen LogP contribution < -0.4 is 15.0 Å². The van der Waals surface area contributed by atoms with Gasteiger partial charge in [0, 0.05) is 37.4 Å². The van der Waals surface area contributed by atoms with Crippen LogP contribution in [0.15, 0.2) is 48.5 Å². The maximum atomic E-state index is 12.9. The number of hydrogen-bond acceptors (Lipinski definition) is 5. The number of halogens is 3. The maximum absolute atomic E-state index is 12.9. The summed E-state index contributed by atoms with van der Waals surface area (Å²) in [5.74, 6) is -0.315. The van der Waals surface area contributed by atoms with Crippen molar-refractivity contribution in [1.29, 1.82) is 0 Å². The SMILES string of the molecule is COc1ccc(C(=O)NC(=O)CN2CCN(c3cccc(C(F)(F)F)c3)CC2)cc1. The number of carbonyl (C=O) groups is 2. The molecule has 0 unspecified atom stereocenters. The Bertz CT molecular complexity index is 892. The minimum absolute atomic E-state index is 0.0400. The first-order valence-corrected chi connectivity index (χ1v) is 9.39. The quantitative estimate of drug-likeness (QED) is 0.805. The molecule has 1 aliphatic rings. The largest absolute Gasteiger partial charge is 0.497 e. The summed E-state index contributed by atoms with van der Waals surface area (Å²) >= 11 is 0. The van der Waals surface area contributed by atoms with E-state index in [0.717, 1.165) is 12.1 Å². The van der Waals surface area contributed by atoms with Crippen molar-refractivity contribution < 1.29 is 27.5 Å². The van der Waals surface area contributed by atoms with Crippen molar-refractivity contribution in [1.82, 2.24) is 10.2 Å².